The number of piperazine rings is 1. The lowest BCUT2D eigenvalue weighted by molar-refractivity contribution is -0.135. The number of aryl methyl sites for hydroxylation is 1. The van der Waals surface area contributed by atoms with Gasteiger partial charge in [-0.25, -0.2) is 9.37 Å². The number of halogens is 2. The minimum absolute atomic E-state index is 0. The molecule has 0 radical (unpaired) electrons. The predicted molar refractivity (Wildman–Crippen MR) is 101 cm³/mol. The molecule has 0 saturated carbocycles. The molecule has 2 N–H and O–H groups in total. The molecule has 1 aliphatic heterocycles. The van der Waals surface area contributed by atoms with E-state index in [1.54, 1.807) is 23.2 Å². The van der Waals surface area contributed by atoms with Crippen molar-refractivity contribution in [1.82, 2.24) is 25.1 Å². The van der Waals surface area contributed by atoms with Crippen molar-refractivity contribution in [3.05, 3.63) is 53.9 Å². The van der Waals surface area contributed by atoms with Crippen LogP contribution in [-0.2, 0) is 23.1 Å². The van der Waals surface area contributed by atoms with Crippen LogP contribution in [0.2, 0.25) is 0 Å². The summed E-state index contributed by atoms with van der Waals surface area (Å²) < 4.78 is 15.1. The lowest BCUT2D eigenvalue weighted by Crippen LogP contribution is -2.52. The standard InChI is InChI=1S/C18H22FN5O2.ClH/c1-23-7-6-21-18(23)15-11-20-5-8-24(15)17(26)12-22-16(25)10-13-3-2-4-14(19)9-13;/h2-4,6-7,9,15,20H,5,8,10-12H2,1H3,(H,22,25);1H. The molecule has 146 valence electrons. The third-order valence-electron chi connectivity index (χ3n) is 4.41. The van der Waals surface area contributed by atoms with Gasteiger partial charge in [0.15, 0.2) is 0 Å². The van der Waals surface area contributed by atoms with E-state index in [0.29, 0.717) is 25.2 Å². The van der Waals surface area contributed by atoms with Gasteiger partial charge in [-0.2, -0.15) is 0 Å². The van der Waals surface area contributed by atoms with E-state index in [9.17, 15) is 14.0 Å². The van der Waals surface area contributed by atoms with Crippen LogP contribution < -0.4 is 10.6 Å². The molecule has 9 heteroatoms. The van der Waals surface area contributed by atoms with Crippen molar-refractivity contribution < 1.29 is 14.0 Å². The molecule has 1 atom stereocenters. The quantitative estimate of drug-likeness (QED) is 0.785. The van der Waals surface area contributed by atoms with Crippen LogP contribution in [0.4, 0.5) is 4.39 Å². The van der Waals surface area contributed by atoms with Gasteiger partial charge in [0.1, 0.15) is 17.7 Å². The molecule has 1 fully saturated rings. The largest absolute Gasteiger partial charge is 0.347 e. The van der Waals surface area contributed by atoms with Crippen LogP contribution in [0.1, 0.15) is 17.4 Å². The molecule has 3 rings (SSSR count). The zero-order valence-electron chi connectivity index (χ0n) is 15.0. The summed E-state index contributed by atoms with van der Waals surface area (Å²) in [5.74, 6) is -0.0542. The van der Waals surface area contributed by atoms with Crippen molar-refractivity contribution in [3.8, 4) is 0 Å². The molecule has 1 unspecified atom stereocenters. The fourth-order valence-corrected chi connectivity index (χ4v) is 3.10. The normalized spacial score (nSPS) is 16.5. The van der Waals surface area contributed by atoms with Crippen LogP contribution in [0.25, 0.3) is 0 Å². The van der Waals surface area contributed by atoms with Crippen molar-refractivity contribution >= 4 is 24.2 Å². The highest BCUT2D eigenvalue weighted by molar-refractivity contribution is 5.86. The van der Waals surface area contributed by atoms with Crippen LogP contribution in [-0.4, -0.2) is 52.4 Å². The molecule has 27 heavy (non-hydrogen) atoms. The van der Waals surface area contributed by atoms with E-state index in [1.807, 2.05) is 17.8 Å². The summed E-state index contributed by atoms with van der Waals surface area (Å²) in [6.45, 7) is 1.78. The predicted octanol–water partition coefficient (Wildman–Crippen LogP) is 0.813. The Bertz CT molecular complexity index is 798. The number of aromatic nitrogens is 2. The fraction of sp³-hybridized carbons (Fsp3) is 0.389. The van der Waals surface area contributed by atoms with E-state index in [-0.39, 0.29) is 49.0 Å². The molecule has 7 nitrogen and oxygen atoms in total. The maximum atomic E-state index is 13.2. The van der Waals surface area contributed by atoms with E-state index >= 15 is 0 Å². The summed E-state index contributed by atoms with van der Waals surface area (Å²) in [6.07, 6.45) is 3.58. The molecule has 1 aliphatic rings. The molecule has 0 bridgehead atoms. The Morgan fingerprint density at radius 2 is 2.22 bits per heavy atom. The minimum Gasteiger partial charge on any atom is -0.347 e. The smallest absolute Gasteiger partial charge is 0.242 e. The molecule has 0 aliphatic carbocycles. The van der Waals surface area contributed by atoms with E-state index in [0.717, 1.165) is 5.82 Å². The molecule has 2 aromatic rings. The first kappa shape index (κ1) is 20.9. The SMILES string of the molecule is Cl.Cn1ccnc1C1CNCCN1C(=O)CNC(=O)Cc1cccc(F)c1. The minimum atomic E-state index is -0.384. The Hall–Kier alpha value is -2.45. The zero-order valence-corrected chi connectivity index (χ0v) is 15.8. The number of carbonyl (C=O) groups excluding carboxylic acids is 2. The number of hydrogen-bond donors (Lipinski definition) is 2. The molecule has 0 spiro atoms. The topological polar surface area (TPSA) is 79.3 Å². The Morgan fingerprint density at radius 3 is 2.93 bits per heavy atom. The van der Waals surface area contributed by atoms with Crippen molar-refractivity contribution in [2.24, 2.45) is 7.05 Å². The number of rotatable bonds is 5. The van der Waals surface area contributed by atoms with Gasteiger partial charge in [-0.1, -0.05) is 12.1 Å². The number of nitrogens with zero attached hydrogens (tertiary/aromatic N) is 3. The number of carbonyl (C=O) groups is 2. The maximum absolute atomic E-state index is 13.2. The van der Waals surface area contributed by atoms with E-state index in [4.69, 9.17) is 0 Å². The van der Waals surface area contributed by atoms with Gasteiger partial charge in [0.05, 0.1) is 13.0 Å². The van der Waals surface area contributed by atoms with Crippen LogP contribution in [0.5, 0.6) is 0 Å². The highest BCUT2D eigenvalue weighted by Gasteiger charge is 2.30. The molecule has 2 amide bonds. The summed E-state index contributed by atoms with van der Waals surface area (Å²) in [6, 6.07) is 5.71. The second-order valence-electron chi connectivity index (χ2n) is 6.29. The van der Waals surface area contributed by atoms with Gasteiger partial charge >= 0.3 is 0 Å². The van der Waals surface area contributed by atoms with E-state index in [2.05, 4.69) is 15.6 Å². The van der Waals surface area contributed by atoms with Crippen LogP contribution in [0.15, 0.2) is 36.7 Å². The average molecular weight is 396 g/mol. The van der Waals surface area contributed by atoms with Crippen LogP contribution >= 0.6 is 12.4 Å². The zero-order chi connectivity index (χ0) is 18.5. The van der Waals surface area contributed by atoms with Gasteiger partial charge in [0, 0.05) is 39.1 Å². The first-order valence-corrected chi connectivity index (χ1v) is 8.53. The van der Waals surface area contributed by atoms with Crippen LogP contribution in [0.3, 0.4) is 0 Å². The summed E-state index contributed by atoms with van der Waals surface area (Å²) in [4.78, 5) is 30.7. The summed E-state index contributed by atoms with van der Waals surface area (Å²) in [5, 5.41) is 5.90. The number of imidazole rings is 1. The monoisotopic (exact) mass is 395 g/mol. The third-order valence-corrected chi connectivity index (χ3v) is 4.41. The van der Waals surface area contributed by atoms with Crippen molar-refractivity contribution in [3.63, 3.8) is 0 Å². The van der Waals surface area contributed by atoms with Gasteiger partial charge < -0.3 is 20.1 Å². The summed E-state index contributed by atoms with van der Waals surface area (Å²) in [7, 11) is 1.89. The van der Waals surface area contributed by atoms with Crippen molar-refractivity contribution in [2.75, 3.05) is 26.2 Å². The lowest BCUT2D eigenvalue weighted by Gasteiger charge is -2.35. The number of benzene rings is 1. The van der Waals surface area contributed by atoms with Gasteiger partial charge in [-0.3, -0.25) is 9.59 Å². The molecule has 2 heterocycles. The Kier molecular flexibility index (Phi) is 7.32. The highest BCUT2D eigenvalue weighted by Crippen LogP contribution is 2.20. The van der Waals surface area contributed by atoms with Crippen LogP contribution in [0, 0.1) is 5.82 Å². The first-order valence-electron chi connectivity index (χ1n) is 8.53. The fourth-order valence-electron chi connectivity index (χ4n) is 3.10. The van der Waals surface area contributed by atoms with Gasteiger partial charge in [-0.15, -0.1) is 12.4 Å². The molecule has 1 aromatic heterocycles. The van der Waals surface area contributed by atoms with Gasteiger partial charge in [0.2, 0.25) is 11.8 Å². The van der Waals surface area contributed by atoms with E-state index < -0.39 is 0 Å². The summed E-state index contributed by atoms with van der Waals surface area (Å²) in [5.41, 5.74) is 0.572. The Morgan fingerprint density at radius 1 is 1.41 bits per heavy atom. The van der Waals surface area contributed by atoms with E-state index in [1.165, 1.54) is 12.1 Å². The number of hydrogen-bond acceptors (Lipinski definition) is 4. The Labute approximate surface area is 163 Å². The molecule has 1 aromatic carbocycles. The third kappa shape index (κ3) is 5.27. The number of amides is 2. The molecular weight excluding hydrogens is 373 g/mol. The number of nitrogens with one attached hydrogen (secondary N) is 2. The molecule has 1 saturated heterocycles. The second-order valence-corrected chi connectivity index (χ2v) is 6.29. The summed E-state index contributed by atoms with van der Waals surface area (Å²) >= 11 is 0. The highest BCUT2D eigenvalue weighted by atomic mass is 35.5. The first-order chi connectivity index (χ1) is 12.5. The Balaban J connectivity index is 0.00000261. The van der Waals surface area contributed by atoms with Gasteiger partial charge in [0.25, 0.3) is 0 Å². The maximum Gasteiger partial charge on any atom is 0.242 e. The van der Waals surface area contributed by atoms with Crippen molar-refractivity contribution in [2.45, 2.75) is 12.5 Å². The molecular formula is C18H23ClFN5O2. The van der Waals surface area contributed by atoms with Gasteiger partial charge in [-0.05, 0) is 17.7 Å². The second kappa shape index (κ2) is 9.48. The average Bonchev–Trinajstić information content (AvgIpc) is 3.05. The van der Waals surface area contributed by atoms with Crippen molar-refractivity contribution in [1.29, 1.82) is 0 Å². The lowest BCUT2D eigenvalue weighted by atomic mass is 10.1.